The first kappa shape index (κ1) is 41.3. The van der Waals surface area contributed by atoms with Gasteiger partial charge in [0.1, 0.15) is 11.2 Å². The quantitative estimate of drug-likeness (QED) is 0.111. The second-order valence-corrected chi connectivity index (χ2v) is 15.8. The number of methoxy groups -OCH3 is 2. The first-order valence-corrected chi connectivity index (χ1v) is 20.0. The normalized spacial score (nSPS) is 19.2. The molecule has 0 amide bonds. The Morgan fingerprint density at radius 2 is 1.76 bits per heavy atom. The maximum absolute atomic E-state index is 14.1. The minimum atomic E-state index is -2.89. The highest BCUT2D eigenvalue weighted by Crippen LogP contribution is 2.40. The summed E-state index contributed by atoms with van der Waals surface area (Å²) in [6.07, 6.45) is 4.41. The Morgan fingerprint density at radius 1 is 1.02 bits per heavy atom. The second kappa shape index (κ2) is 17.9. The van der Waals surface area contributed by atoms with Gasteiger partial charge in [0.05, 0.1) is 48.7 Å². The summed E-state index contributed by atoms with van der Waals surface area (Å²) in [6, 6.07) is 13.4. The van der Waals surface area contributed by atoms with Gasteiger partial charge < -0.3 is 19.9 Å². The fourth-order valence-electron chi connectivity index (χ4n) is 8.22. The summed E-state index contributed by atoms with van der Waals surface area (Å²) in [7, 11) is 5.06. The monoisotopic (exact) mass is 814 g/mol. The van der Waals surface area contributed by atoms with Crippen LogP contribution in [0.4, 0.5) is 20.3 Å². The van der Waals surface area contributed by atoms with Crippen LogP contribution in [0.1, 0.15) is 68.1 Å². The summed E-state index contributed by atoms with van der Waals surface area (Å²) < 4.78 is 39.0. The van der Waals surface area contributed by atoms with Crippen molar-refractivity contribution in [3.05, 3.63) is 82.5 Å². The molecule has 2 N–H and O–H groups in total. The number of nitrogens with one attached hydrogen (secondary N) is 1. The van der Waals surface area contributed by atoms with Gasteiger partial charge in [-0.1, -0.05) is 41.9 Å². The summed E-state index contributed by atoms with van der Waals surface area (Å²) >= 11 is 7.16. The fourth-order valence-corrected chi connectivity index (χ4v) is 8.54. The van der Waals surface area contributed by atoms with Crippen molar-refractivity contribution in [1.29, 1.82) is 0 Å². The van der Waals surface area contributed by atoms with Crippen LogP contribution in [0, 0.1) is 18.8 Å². The summed E-state index contributed by atoms with van der Waals surface area (Å²) in [5.74, 6) is -0.00181. The predicted octanol–water partition coefficient (Wildman–Crippen LogP) is 8.17. The highest BCUT2D eigenvalue weighted by molar-refractivity contribution is 6.36. The molecule has 2 aliphatic rings. The lowest BCUT2D eigenvalue weighted by molar-refractivity contribution is -0.146. The van der Waals surface area contributed by atoms with Crippen LogP contribution in [0.25, 0.3) is 33.4 Å². The summed E-state index contributed by atoms with van der Waals surface area (Å²) in [4.78, 5) is 39.1. The zero-order chi connectivity index (χ0) is 41.1. The zero-order valence-corrected chi connectivity index (χ0v) is 34.1. The van der Waals surface area contributed by atoms with E-state index in [1.54, 1.807) is 25.6 Å². The maximum atomic E-state index is 14.1. The number of aliphatic hydroxyl groups excluding tert-OH is 1. The molecule has 15 heteroatoms. The van der Waals surface area contributed by atoms with Crippen LogP contribution < -0.4 is 10.1 Å². The lowest BCUT2D eigenvalue weighted by Crippen LogP contribution is -2.36. The van der Waals surface area contributed by atoms with Crippen LogP contribution in [-0.2, 0) is 22.6 Å². The molecule has 306 valence electrons. The maximum Gasteiger partial charge on any atom is 0.308 e. The van der Waals surface area contributed by atoms with Crippen molar-refractivity contribution in [2.75, 3.05) is 39.7 Å². The first-order chi connectivity index (χ1) is 27.9. The largest absolute Gasteiger partial charge is 0.480 e. The van der Waals surface area contributed by atoms with Crippen molar-refractivity contribution >= 4 is 40.1 Å². The molecule has 0 radical (unpaired) electrons. The second-order valence-electron chi connectivity index (χ2n) is 15.4. The highest BCUT2D eigenvalue weighted by atomic mass is 35.5. The van der Waals surface area contributed by atoms with E-state index in [0.717, 1.165) is 67.4 Å². The molecule has 0 bridgehead atoms. The molecule has 1 aliphatic heterocycles. The molecular weight excluding hydrogens is 766 g/mol. The number of halogens is 3. The van der Waals surface area contributed by atoms with Gasteiger partial charge in [0.15, 0.2) is 11.6 Å². The molecule has 0 unspecified atom stereocenters. The molecule has 1 aliphatic carbocycles. The van der Waals surface area contributed by atoms with Crippen LogP contribution in [0.3, 0.4) is 0 Å². The number of hydrogen-bond acceptors (Lipinski definition) is 12. The molecule has 4 heterocycles. The van der Waals surface area contributed by atoms with Crippen molar-refractivity contribution in [3.63, 3.8) is 0 Å². The van der Waals surface area contributed by atoms with Gasteiger partial charge >= 0.3 is 5.97 Å². The van der Waals surface area contributed by atoms with Crippen molar-refractivity contribution in [3.8, 4) is 28.3 Å². The number of aliphatic hydroxyl groups is 1. The van der Waals surface area contributed by atoms with E-state index < -0.39 is 12.2 Å². The number of carbonyl (C=O) groups is 1. The van der Waals surface area contributed by atoms with Crippen LogP contribution in [0.2, 0.25) is 5.02 Å². The molecular formula is C43H49ClF2N8O4. The van der Waals surface area contributed by atoms with E-state index >= 15 is 0 Å². The molecule has 2 fully saturated rings. The van der Waals surface area contributed by atoms with E-state index in [1.165, 1.54) is 7.11 Å². The number of nitrogens with zero attached hydrogens (tertiary/aromatic N) is 7. The Balaban J connectivity index is 1.12. The number of hydrogen-bond donors (Lipinski definition) is 2. The number of pyridine rings is 1. The van der Waals surface area contributed by atoms with E-state index in [-0.39, 0.29) is 29.7 Å². The standard InChI is InChI=1S/C43H49ClF2N8O4/c1-24-30(8-7-11-33(24)49-40-38-34(50-41(52-40)39(45)46)18-26(19-48-38)21-54-17-16-28(22-54)25(2)55)31-9-6-10-32(37(31)44)35-20-47-36(42(51-35)57-4)23-53(3)29-14-12-27(13-15-29)43(56)58-5/h6-11,18-20,25,27-29,39,55H,12-17,21-23H2,1-5H3,(H,49,50,52)/t25-,27?,28+,29?/m1/s1. The van der Waals surface area contributed by atoms with Gasteiger partial charge in [-0.15, -0.1) is 0 Å². The Morgan fingerprint density at radius 3 is 2.47 bits per heavy atom. The van der Waals surface area contributed by atoms with Gasteiger partial charge in [-0.25, -0.2) is 23.7 Å². The topological polar surface area (TPSA) is 139 Å². The number of anilines is 2. The third-order valence-electron chi connectivity index (χ3n) is 11.6. The Labute approximate surface area is 342 Å². The molecule has 12 nitrogen and oxygen atoms in total. The molecule has 2 atom stereocenters. The van der Waals surface area contributed by atoms with Crippen molar-refractivity contribution in [2.24, 2.45) is 11.8 Å². The molecule has 7 rings (SSSR count). The van der Waals surface area contributed by atoms with Crippen LogP contribution in [0.15, 0.2) is 54.9 Å². The van der Waals surface area contributed by atoms with E-state index in [4.69, 9.17) is 31.0 Å². The number of fused-ring (bicyclic) bond motifs is 1. The zero-order valence-electron chi connectivity index (χ0n) is 33.4. The number of ether oxygens (including phenoxy) is 2. The van der Waals surface area contributed by atoms with E-state index in [2.05, 4.69) is 30.1 Å². The van der Waals surface area contributed by atoms with Gasteiger partial charge in [0, 0.05) is 48.7 Å². The van der Waals surface area contributed by atoms with Crippen molar-refractivity contribution in [1.82, 2.24) is 34.7 Å². The van der Waals surface area contributed by atoms with Crippen LogP contribution in [0.5, 0.6) is 5.88 Å². The van der Waals surface area contributed by atoms with Crippen LogP contribution >= 0.6 is 11.6 Å². The number of carbonyl (C=O) groups excluding carboxylic acids is 1. The SMILES string of the molecule is COC(=O)C1CCC(N(C)Cc2ncc(-c3cccc(-c4cccc(Nc5nc(C(F)F)nc6cc(CN7CC[C@H]([C@@H](C)O)C7)cnc56)c4C)c3Cl)nc2OC)CC1. The Bertz CT molecular complexity index is 2270. The molecule has 58 heavy (non-hydrogen) atoms. The van der Waals surface area contributed by atoms with E-state index in [1.807, 2.05) is 57.3 Å². The van der Waals surface area contributed by atoms with Crippen LogP contribution in [-0.4, -0.2) is 92.3 Å². The van der Waals surface area contributed by atoms with Gasteiger partial charge in [-0.3, -0.25) is 24.6 Å². The van der Waals surface area contributed by atoms with Gasteiger partial charge in [0.2, 0.25) is 5.88 Å². The van der Waals surface area contributed by atoms with Crippen molar-refractivity contribution in [2.45, 2.75) is 77.6 Å². The number of likely N-dealkylation sites (tertiary alicyclic amines) is 1. The third kappa shape index (κ3) is 8.90. The predicted molar refractivity (Wildman–Crippen MR) is 219 cm³/mol. The van der Waals surface area contributed by atoms with Gasteiger partial charge in [-0.2, -0.15) is 0 Å². The van der Waals surface area contributed by atoms with Gasteiger partial charge in [-0.05, 0) is 94.3 Å². The average molecular weight is 815 g/mol. The third-order valence-corrected chi connectivity index (χ3v) is 12.0. The number of benzene rings is 2. The number of rotatable bonds is 13. The summed E-state index contributed by atoms with van der Waals surface area (Å²) in [5, 5.41) is 13.8. The number of alkyl halides is 2. The molecule has 2 aromatic carbocycles. The molecule has 3 aromatic heterocycles. The lowest BCUT2D eigenvalue weighted by Gasteiger charge is -2.33. The first-order valence-electron chi connectivity index (χ1n) is 19.6. The minimum absolute atomic E-state index is 0.0468. The summed E-state index contributed by atoms with van der Waals surface area (Å²) in [5.41, 5.74) is 6.46. The average Bonchev–Trinajstić information content (AvgIpc) is 3.70. The molecule has 0 spiro atoms. The lowest BCUT2D eigenvalue weighted by atomic mass is 9.85. The van der Waals surface area contributed by atoms with Crippen molar-refractivity contribution < 1.29 is 28.2 Å². The molecule has 1 saturated heterocycles. The molecule has 5 aromatic rings. The Hall–Kier alpha value is -4.89. The smallest absolute Gasteiger partial charge is 0.308 e. The molecule has 1 saturated carbocycles. The van der Waals surface area contributed by atoms with E-state index in [0.29, 0.717) is 63.7 Å². The van der Waals surface area contributed by atoms with Gasteiger partial charge in [0.25, 0.3) is 6.43 Å². The minimum Gasteiger partial charge on any atom is -0.480 e. The number of aromatic nitrogens is 5. The highest BCUT2D eigenvalue weighted by Gasteiger charge is 2.30. The summed E-state index contributed by atoms with van der Waals surface area (Å²) in [6.45, 7) is 6.43. The Kier molecular flexibility index (Phi) is 12.8. The van der Waals surface area contributed by atoms with E-state index in [9.17, 15) is 18.7 Å². The number of esters is 1. The fraction of sp³-hybridized carbons (Fsp3) is 0.442.